The third-order valence-electron chi connectivity index (χ3n) is 2.57. The summed E-state index contributed by atoms with van der Waals surface area (Å²) in [6.07, 6.45) is 0. The molecule has 4 nitrogen and oxygen atoms in total. The van der Waals surface area contributed by atoms with E-state index < -0.39 is 0 Å². The van der Waals surface area contributed by atoms with Crippen molar-refractivity contribution in [2.45, 2.75) is 13.5 Å². The second-order valence-corrected chi connectivity index (χ2v) is 3.64. The van der Waals surface area contributed by atoms with Crippen LogP contribution in [0.5, 0.6) is 5.88 Å². The summed E-state index contributed by atoms with van der Waals surface area (Å²) in [5, 5.41) is 1.05. The van der Waals surface area contributed by atoms with Gasteiger partial charge in [-0.05, 0) is 13.0 Å². The molecular weight excluding hydrogens is 218 g/mol. The zero-order chi connectivity index (χ0) is 12.3. The number of esters is 1. The minimum absolute atomic E-state index is 0.171. The molecule has 0 N–H and O–H groups in total. The van der Waals surface area contributed by atoms with Crippen LogP contribution in [0.3, 0.4) is 0 Å². The molecule has 0 amide bonds. The van der Waals surface area contributed by atoms with E-state index in [0.29, 0.717) is 12.5 Å². The molecular formula is C13H15NO3. The van der Waals surface area contributed by atoms with Gasteiger partial charge in [-0.1, -0.05) is 18.2 Å². The van der Waals surface area contributed by atoms with Gasteiger partial charge in [0.25, 0.3) is 0 Å². The first kappa shape index (κ1) is 11.5. The van der Waals surface area contributed by atoms with Gasteiger partial charge in [0.1, 0.15) is 6.54 Å². The summed E-state index contributed by atoms with van der Waals surface area (Å²) >= 11 is 0. The molecule has 0 aliphatic rings. The van der Waals surface area contributed by atoms with Crippen molar-refractivity contribution in [1.29, 1.82) is 0 Å². The van der Waals surface area contributed by atoms with Crippen LogP contribution in [0.15, 0.2) is 30.3 Å². The first-order valence-corrected chi connectivity index (χ1v) is 5.54. The largest absolute Gasteiger partial charge is 0.482 e. The molecule has 2 aromatic rings. The Bertz CT molecular complexity index is 530. The third kappa shape index (κ3) is 2.25. The van der Waals surface area contributed by atoms with Gasteiger partial charge in [0.05, 0.1) is 19.2 Å². The fourth-order valence-electron chi connectivity index (χ4n) is 1.85. The van der Waals surface area contributed by atoms with E-state index in [9.17, 15) is 4.79 Å². The van der Waals surface area contributed by atoms with Gasteiger partial charge in [-0.3, -0.25) is 4.79 Å². The van der Waals surface area contributed by atoms with Crippen LogP contribution >= 0.6 is 0 Å². The van der Waals surface area contributed by atoms with Gasteiger partial charge in [-0.25, -0.2) is 0 Å². The van der Waals surface area contributed by atoms with Crippen molar-refractivity contribution < 1.29 is 14.3 Å². The number of hydrogen-bond donors (Lipinski definition) is 0. The molecule has 0 bridgehead atoms. The molecule has 0 aliphatic heterocycles. The number of carbonyl (C=O) groups excluding carboxylic acids is 1. The van der Waals surface area contributed by atoms with E-state index in [1.807, 2.05) is 34.9 Å². The van der Waals surface area contributed by atoms with Gasteiger partial charge in [0, 0.05) is 11.5 Å². The number of rotatable bonds is 4. The van der Waals surface area contributed by atoms with Crippen LogP contribution < -0.4 is 4.74 Å². The fraction of sp³-hybridized carbons (Fsp3) is 0.308. The van der Waals surface area contributed by atoms with Gasteiger partial charge in [0.2, 0.25) is 0 Å². The number of aromatic nitrogens is 1. The maximum atomic E-state index is 11.5. The van der Waals surface area contributed by atoms with E-state index in [-0.39, 0.29) is 12.5 Å². The van der Waals surface area contributed by atoms with E-state index >= 15 is 0 Å². The Morgan fingerprint density at radius 2 is 2.12 bits per heavy atom. The van der Waals surface area contributed by atoms with Crippen LogP contribution in [0.4, 0.5) is 0 Å². The number of fused-ring (bicyclic) bond motifs is 1. The van der Waals surface area contributed by atoms with Crippen molar-refractivity contribution in [3.63, 3.8) is 0 Å². The third-order valence-corrected chi connectivity index (χ3v) is 2.57. The molecule has 0 aliphatic carbocycles. The van der Waals surface area contributed by atoms with Gasteiger partial charge in [-0.2, -0.15) is 0 Å². The zero-order valence-electron chi connectivity index (χ0n) is 9.97. The van der Waals surface area contributed by atoms with Crippen molar-refractivity contribution in [1.82, 2.24) is 4.57 Å². The smallest absolute Gasteiger partial charge is 0.326 e. The predicted octanol–water partition coefficient (Wildman–Crippen LogP) is 2.21. The SMILES string of the molecule is CCOC(=O)Cn1c(OC)cc2ccccc21. The maximum absolute atomic E-state index is 11.5. The molecule has 0 saturated carbocycles. The summed E-state index contributed by atoms with van der Waals surface area (Å²) in [6, 6.07) is 9.74. The predicted molar refractivity (Wildman–Crippen MR) is 65.1 cm³/mol. The highest BCUT2D eigenvalue weighted by molar-refractivity contribution is 5.84. The minimum Gasteiger partial charge on any atom is -0.482 e. The van der Waals surface area contributed by atoms with Crippen LogP contribution in [0.1, 0.15) is 6.92 Å². The van der Waals surface area contributed by atoms with E-state index in [2.05, 4.69) is 0 Å². The standard InChI is InChI=1S/C13H15NO3/c1-3-17-13(15)9-14-11-7-5-4-6-10(11)8-12(14)16-2/h4-8H,3,9H2,1-2H3. The Morgan fingerprint density at radius 3 is 2.82 bits per heavy atom. The van der Waals surface area contributed by atoms with Crippen molar-refractivity contribution >= 4 is 16.9 Å². The minimum atomic E-state index is -0.257. The summed E-state index contributed by atoms with van der Waals surface area (Å²) in [6.45, 7) is 2.35. The lowest BCUT2D eigenvalue weighted by atomic mass is 10.2. The highest BCUT2D eigenvalue weighted by Crippen LogP contribution is 2.25. The number of para-hydroxylation sites is 1. The van der Waals surface area contributed by atoms with Crippen molar-refractivity contribution in [3.05, 3.63) is 30.3 Å². The quantitative estimate of drug-likeness (QED) is 0.760. The zero-order valence-corrected chi connectivity index (χ0v) is 9.97. The first-order valence-electron chi connectivity index (χ1n) is 5.54. The summed E-state index contributed by atoms with van der Waals surface area (Å²) in [5.41, 5.74) is 0.970. The van der Waals surface area contributed by atoms with E-state index in [1.54, 1.807) is 14.0 Å². The summed E-state index contributed by atoms with van der Waals surface area (Å²) < 4.78 is 12.0. The number of carbonyl (C=O) groups is 1. The molecule has 0 unspecified atom stereocenters. The first-order chi connectivity index (χ1) is 8.26. The number of nitrogens with zero attached hydrogens (tertiary/aromatic N) is 1. The Morgan fingerprint density at radius 1 is 1.35 bits per heavy atom. The Balaban J connectivity index is 2.39. The monoisotopic (exact) mass is 233 g/mol. The molecule has 17 heavy (non-hydrogen) atoms. The van der Waals surface area contributed by atoms with E-state index in [0.717, 1.165) is 10.9 Å². The van der Waals surface area contributed by atoms with Gasteiger partial charge >= 0.3 is 5.97 Å². The molecule has 1 aromatic heterocycles. The van der Waals surface area contributed by atoms with Gasteiger partial charge < -0.3 is 14.0 Å². The van der Waals surface area contributed by atoms with Crippen LogP contribution in [-0.4, -0.2) is 24.3 Å². The lowest BCUT2D eigenvalue weighted by Crippen LogP contribution is -2.13. The van der Waals surface area contributed by atoms with Crippen LogP contribution in [0.25, 0.3) is 10.9 Å². The summed E-state index contributed by atoms with van der Waals surface area (Å²) in [7, 11) is 1.59. The molecule has 0 radical (unpaired) electrons. The lowest BCUT2D eigenvalue weighted by molar-refractivity contribution is -0.143. The fourth-order valence-corrected chi connectivity index (χ4v) is 1.85. The Labute approximate surface area is 99.7 Å². The molecule has 1 heterocycles. The van der Waals surface area contributed by atoms with Crippen LogP contribution in [0, 0.1) is 0 Å². The molecule has 0 fully saturated rings. The highest BCUT2D eigenvalue weighted by Gasteiger charge is 2.12. The molecule has 0 atom stereocenters. The number of hydrogen-bond acceptors (Lipinski definition) is 3. The van der Waals surface area contributed by atoms with Crippen molar-refractivity contribution in [3.8, 4) is 5.88 Å². The lowest BCUT2D eigenvalue weighted by Gasteiger charge is -2.08. The molecule has 0 spiro atoms. The van der Waals surface area contributed by atoms with Crippen LogP contribution in [0.2, 0.25) is 0 Å². The van der Waals surface area contributed by atoms with E-state index in [4.69, 9.17) is 9.47 Å². The Kier molecular flexibility index (Phi) is 3.32. The van der Waals surface area contributed by atoms with Crippen molar-refractivity contribution in [2.24, 2.45) is 0 Å². The molecule has 1 aromatic carbocycles. The summed E-state index contributed by atoms with van der Waals surface area (Å²) in [5.74, 6) is 0.409. The van der Waals surface area contributed by atoms with E-state index in [1.165, 1.54) is 0 Å². The number of ether oxygens (including phenoxy) is 2. The normalized spacial score (nSPS) is 10.5. The molecule has 4 heteroatoms. The average Bonchev–Trinajstić information content (AvgIpc) is 2.68. The highest BCUT2D eigenvalue weighted by atomic mass is 16.5. The van der Waals surface area contributed by atoms with Gasteiger partial charge in [0.15, 0.2) is 5.88 Å². The average molecular weight is 233 g/mol. The maximum Gasteiger partial charge on any atom is 0.326 e. The summed E-state index contributed by atoms with van der Waals surface area (Å²) in [4.78, 5) is 11.5. The second-order valence-electron chi connectivity index (χ2n) is 3.64. The second kappa shape index (κ2) is 4.91. The van der Waals surface area contributed by atoms with Crippen LogP contribution in [-0.2, 0) is 16.1 Å². The van der Waals surface area contributed by atoms with Crippen molar-refractivity contribution in [2.75, 3.05) is 13.7 Å². The number of benzene rings is 1. The molecule has 2 rings (SSSR count). The molecule has 90 valence electrons. The number of methoxy groups -OCH3 is 1. The molecule has 0 saturated heterocycles. The van der Waals surface area contributed by atoms with Gasteiger partial charge in [-0.15, -0.1) is 0 Å². The Hall–Kier alpha value is -1.97. The topological polar surface area (TPSA) is 40.5 Å².